The molecular weight excluding hydrogens is 829 g/mol. The van der Waals surface area contributed by atoms with Gasteiger partial charge in [-0.1, -0.05) is 200 Å². The molecule has 0 unspecified atom stereocenters. The van der Waals surface area contributed by atoms with Crippen LogP contribution < -0.4 is 0 Å². The maximum atomic E-state index is 5.43. The van der Waals surface area contributed by atoms with E-state index < -0.39 is 0 Å². The molecule has 13 rings (SSSR count). The van der Waals surface area contributed by atoms with Crippen LogP contribution in [0.3, 0.4) is 0 Å². The lowest BCUT2D eigenvalue weighted by Gasteiger charge is -2.11. The van der Waals surface area contributed by atoms with Crippen LogP contribution in [0.4, 0.5) is 0 Å². The zero-order valence-electron chi connectivity index (χ0n) is 36.8. The Balaban J connectivity index is 0.859. The minimum absolute atomic E-state index is 0.616. The summed E-state index contributed by atoms with van der Waals surface area (Å²) in [5, 5.41) is 10.2. The van der Waals surface area contributed by atoms with Crippen LogP contribution in [0.5, 0.6) is 0 Å². The fraction of sp³-hybridized carbons (Fsp3) is 0. The molecule has 0 atom stereocenters. The van der Waals surface area contributed by atoms with Gasteiger partial charge in [0.2, 0.25) is 0 Å². The number of nitrogens with zero attached hydrogens (tertiary/aromatic N) is 6. The van der Waals surface area contributed by atoms with E-state index in [1.165, 1.54) is 27.2 Å². The number of hydrogen-bond donors (Lipinski definition) is 0. The van der Waals surface area contributed by atoms with Crippen molar-refractivity contribution in [1.29, 1.82) is 0 Å². The summed E-state index contributed by atoms with van der Waals surface area (Å²) in [7, 11) is 0. The number of hydrogen-bond acceptors (Lipinski definition) is 4. The van der Waals surface area contributed by atoms with E-state index in [2.05, 4.69) is 221 Å². The Morgan fingerprint density at radius 1 is 0.309 bits per heavy atom. The van der Waals surface area contributed by atoms with Crippen LogP contribution in [0.1, 0.15) is 0 Å². The molecule has 4 aromatic heterocycles. The van der Waals surface area contributed by atoms with Crippen molar-refractivity contribution in [3.8, 4) is 84.6 Å². The van der Waals surface area contributed by atoms with Crippen LogP contribution in [-0.4, -0.2) is 29.1 Å². The second kappa shape index (κ2) is 16.3. The Labute approximate surface area is 392 Å². The van der Waals surface area contributed by atoms with Crippen molar-refractivity contribution in [1.82, 2.24) is 29.1 Å². The summed E-state index contributed by atoms with van der Waals surface area (Å²) >= 11 is 0. The average molecular weight is 869 g/mol. The quantitative estimate of drug-likeness (QED) is 0.153. The predicted molar refractivity (Wildman–Crippen MR) is 278 cm³/mol. The fourth-order valence-electron chi connectivity index (χ4n) is 9.73. The fourth-order valence-corrected chi connectivity index (χ4v) is 9.73. The molecule has 0 amide bonds. The molecule has 0 aliphatic rings. The summed E-state index contributed by atoms with van der Waals surface area (Å²) in [6.45, 7) is 0. The SMILES string of the molecule is c1ccc(-c2nc(-c3ccc(-c4ccc(-c5nn6c(-c7ccccc7)cc7ccccc7c6c5-c5ccccc5)cc4)cc3)nc(-c3ccc(-n4c5ccccc5c5ccccc54)cc3)n2)cc1. The first-order valence-corrected chi connectivity index (χ1v) is 22.9. The molecule has 0 radical (unpaired) electrons. The third-order valence-corrected chi connectivity index (χ3v) is 13.0. The molecule has 0 fully saturated rings. The number of rotatable bonds is 8. The van der Waals surface area contributed by atoms with Crippen molar-refractivity contribution in [3.63, 3.8) is 0 Å². The number of aromatic nitrogens is 6. The lowest BCUT2D eigenvalue weighted by Crippen LogP contribution is -2.00. The molecule has 0 spiro atoms. The first-order valence-electron chi connectivity index (χ1n) is 22.9. The molecule has 6 nitrogen and oxygen atoms in total. The molecule has 318 valence electrons. The van der Waals surface area contributed by atoms with Crippen LogP contribution in [0.2, 0.25) is 0 Å². The van der Waals surface area contributed by atoms with Gasteiger partial charge in [0.05, 0.1) is 22.2 Å². The van der Waals surface area contributed by atoms with Crippen LogP contribution >= 0.6 is 0 Å². The highest BCUT2D eigenvalue weighted by Gasteiger charge is 2.22. The predicted octanol–water partition coefficient (Wildman–Crippen LogP) is 15.4. The standard InChI is InChI=1S/C62H40N6/c1-4-16-43(17-5-1)56-40-49-22-10-11-23-51(49)59-57(44-18-6-2-7-19-44)58(66-68(56)59)45-32-28-41(29-33-45)42-30-34-47(35-31-42)61-63-60(46-20-8-3-9-21-46)64-62(65-61)48-36-38-50(39-37-48)67-54-26-14-12-24-52(54)53-25-13-15-27-55(53)67/h1-40H. The highest BCUT2D eigenvalue weighted by atomic mass is 15.2. The van der Waals surface area contributed by atoms with E-state index >= 15 is 0 Å². The maximum absolute atomic E-state index is 5.43. The van der Waals surface area contributed by atoms with Crippen molar-refractivity contribution in [2.24, 2.45) is 0 Å². The second-order valence-electron chi connectivity index (χ2n) is 17.1. The first kappa shape index (κ1) is 39.1. The van der Waals surface area contributed by atoms with E-state index in [1.54, 1.807) is 0 Å². The van der Waals surface area contributed by atoms with E-state index in [9.17, 15) is 0 Å². The largest absolute Gasteiger partial charge is 0.309 e. The van der Waals surface area contributed by atoms with Gasteiger partial charge in [-0.15, -0.1) is 0 Å². The molecule has 0 saturated carbocycles. The Morgan fingerprint density at radius 3 is 1.28 bits per heavy atom. The van der Waals surface area contributed by atoms with Crippen molar-refractivity contribution in [2.75, 3.05) is 0 Å². The zero-order valence-corrected chi connectivity index (χ0v) is 36.8. The minimum atomic E-state index is 0.616. The monoisotopic (exact) mass is 868 g/mol. The topological polar surface area (TPSA) is 60.9 Å². The summed E-state index contributed by atoms with van der Waals surface area (Å²) in [5.74, 6) is 1.86. The van der Waals surface area contributed by atoms with E-state index in [-0.39, 0.29) is 0 Å². The normalized spacial score (nSPS) is 11.5. The van der Waals surface area contributed by atoms with E-state index in [1.807, 2.05) is 30.3 Å². The van der Waals surface area contributed by atoms with Crippen LogP contribution in [0.25, 0.3) is 123 Å². The lowest BCUT2D eigenvalue weighted by molar-refractivity contribution is 0.979. The number of pyridine rings is 1. The van der Waals surface area contributed by atoms with Crippen LogP contribution in [0.15, 0.2) is 243 Å². The van der Waals surface area contributed by atoms with Crippen molar-refractivity contribution in [2.45, 2.75) is 0 Å². The van der Waals surface area contributed by atoms with Gasteiger partial charge in [0.25, 0.3) is 0 Å². The van der Waals surface area contributed by atoms with E-state index in [0.717, 1.165) is 78.0 Å². The highest BCUT2D eigenvalue weighted by Crippen LogP contribution is 2.41. The lowest BCUT2D eigenvalue weighted by atomic mass is 9.95. The average Bonchev–Trinajstić information content (AvgIpc) is 3.99. The molecule has 9 aromatic carbocycles. The van der Waals surface area contributed by atoms with Gasteiger partial charge in [-0.05, 0) is 64.5 Å². The number of fused-ring (bicyclic) bond motifs is 6. The van der Waals surface area contributed by atoms with E-state index in [0.29, 0.717) is 17.5 Å². The van der Waals surface area contributed by atoms with Gasteiger partial charge in [-0.2, -0.15) is 5.10 Å². The van der Waals surface area contributed by atoms with Crippen molar-refractivity contribution >= 4 is 38.1 Å². The number of para-hydroxylation sites is 2. The van der Waals surface area contributed by atoms with Gasteiger partial charge in [-0.25, -0.2) is 19.5 Å². The van der Waals surface area contributed by atoms with Crippen LogP contribution in [-0.2, 0) is 0 Å². The van der Waals surface area contributed by atoms with Gasteiger partial charge < -0.3 is 4.57 Å². The molecule has 4 heterocycles. The summed E-state index contributed by atoms with van der Waals surface area (Å²) < 4.78 is 4.46. The van der Waals surface area contributed by atoms with Crippen molar-refractivity contribution in [3.05, 3.63) is 243 Å². The number of benzene rings is 9. The molecule has 13 aromatic rings. The molecule has 0 aliphatic heterocycles. The molecule has 0 saturated heterocycles. The molecule has 0 N–H and O–H groups in total. The van der Waals surface area contributed by atoms with E-state index in [4.69, 9.17) is 20.1 Å². The van der Waals surface area contributed by atoms with Gasteiger partial charge >= 0.3 is 0 Å². The Kier molecular flexibility index (Phi) is 9.39. The maximum Gasteiger partial charge on any atom is 0.164 e. The first-order chi connectivity index (χ1) is 33.7. The Bertz CT molecular complexity index is 3920. The Morgan fingerprint density at radius 2 is 0.721 bits per heavy atom. The molecular formula is C62H40N6. The molecule has 0 bridgehead atoms. The second-order valence-corrected chi connectivity index (χ2v) is 17.1. The zero-order chi connectivity index (χ0) is 45.0. The molecule has 6 heteroatoms. The van der Waals surface area contributed by atoms with Gasteiger partial charge in [0.15, 0.2) is 17.5 Å². The molecule has 0 aliphatic carbocycles. The third-order valence-electron chi connectivity index (χ3n) is 13.0. The third kappa shape index (κ3) is 6.74. The summed E-state index contributed by atoms with van der Waals surface area (Å²) in [6.07, 6.45) is 0. The smallest absolute Gasteiger partial charge is 0.164 e. The van der Waals surface area contributed by atoms with Crippen LogP contribution in [0, 0.1) is 0 Å². The summed E-state index contributed by atoms with van der Waals surface area (Å²) in [4.78, 5) is 15.2. The molecule has 68 heavy (non-hydrogen) atoms. The van der Waals surface area contributed by atoms with Gasteiger partial charge in [-0.3, -0.25) is 0 Å². The summed E-state index contributed by atoms with van der Waals surface area (Å²) in [6, 6.07) is 85.1. The van der Waals surface area contributed by atoms with Gasteiger partial charge in [0, 0.05) is 55.2 Å². The Hall–Kier alpha value is -9.26. The summed E-state index contributed by atoms with van der Waals surface area (Å²) in [5.41, 5.74) is 15.9. The highest BCUT2D eigenvalue weighted by molar-refractivity contribution is 6.10. The van der Waals surface area contributed by atoms with Crippen molar-refractivity contribution < 1.29 is 0 Å². The van der Waals surface area contributed by atoms with Gasteiger partial charge in [0.1, 0.15) is 5.69 Å². The minimum Gasteiger partial charge on any atom is -0.309 e.